The van der Waals surface area contributed by atoms with Gasteiger partial charge in [-0.2, -0.15) is 0 Å². The maximum Gasteiger partial charge on any atom is 0.230 e. The summed E-state index contributed by atoms with van der Waals surface area (Å²) < 4.78 is 5.32. The molecule has 0 aliphatic rings. The van der Waals surface area contributed by atoms with Gasteiger partial charge in [-0.1, -0.05) is 13.8 Å². The minimum absolute atomic E-state index is 0.217. The Bertz CT molecular complexity index is 522. The molecule has 0 fully saturated rings. The van der Waals surface area contributed by atoms with Crippen molar-refractivity contribution in [2.45, 2.75) is 27.7 Å². The highest BCUT2D eigenvalue weighted by Crippen LogP contribution is 2.18. The van der Waals surface area contributed by atoms with E-state index < -0.39 is 0 Å². The van der Waals surface area contributed by atoms with E-state index >= 15 is 0 Å². The number of aromatic nitrogens is 3. The topological polar surface area (TPSA) is 80.9 Å². The van der Waals surface area contributed by atoms with Gasteiger partial charge in [0, 0.05) is 20.0 Å². The third-order valence-electron chi connectivity index (χ3n) is 1.82. The number of hydrogen-bond acceptors (Lipinski definition) is 5. The molecule has 6 nitrogen and oxygen atoms in total. The standard InChI is InChI=1S/C10H10N4O2.C2H6/c1-6(15)13-10-11-4-3-8(14-10)9-5-12-7(2)16-9;1-2/h3-5H,1-2H3,(H,11,13,14,15);1-2H3. The fourth-order valence-corrected chi connectivity index (χ4v) is 1.19. The zero-order chi connectivity index (χ0) is 13.5. The number of nitrogens with zero attached hydrogens (tertiary/aromatic N) is 3. The number of aryl methyl sites for hydroxylation is 1. The van der Waals surface area contributed by atoms with Gasteiger partial charge in [-0.15, -0.1) is 0 Å². The molecule has 0 saturated carbocycles. The fourth-order valence-electron chi connectivity index (χ4n) is 1.19. The van der Waals surface area contributed by atoms with Gasteiger partial charge in [-0.3, -0.25) is 10.1 Å². The second-order valence-electron chi connectivity index (χ2n) is 3.19. The summed E-state index contributed by atoms with van der Waals surface area (Å²) in [6.45, 7) is 7.15. The fraction of sp³-hybridized carbons (Fsp3) is 0.333. The first-order valence-corrected chi connectivity index (χ1v) is 5.68. The van der Waals surface area contributed by atoms with E-state index in [0.717, 1.165) is 0 Å². The van der Waals surface area contributed by atoms with Gasteiger partial charge in [0.2, 0.25) is 11.9 Å². The Balaban J connectivity index is 0.000000771. The summed E-state index contributed by atoms with van der Waals surface area (Å²) in [4.78, 5) is 22.8. The van der Waals surface area contributed by atoms with Crippen LogP contribution in [0.15, 0.2) is 22.9 Å². The smallest absolute Gasteiger partial charge is 0.230 e. The number of carbonyl (C=O) groups is 1. The molecule has 2 aromatic rings. The second-order valence-corrected chi connectivity index (χ2v) is 3.19. The third kappa shape index (κ3) is 3.65. The van der Waals surface area contributed by atoms with Crippen molar-refractivity contribution in [2.24, 2.45) is 0 Å². The van der Waals surface area contributed by atoms with E-state index in [0.29, 0.717) is 17.3 Å². The van der Waals surface area contributed by atoms with Crippen molar-refractivity contribution in [3.8, 4) is 11.5 Å². The maximum atomic E-state index is 10.8. The Morgan fingerprint density at radius 3 is 2.61 bits per heavy atom. The van der Waals surface area contributed by atoms with Crippen LogP contribution in [0.4, 0.5) is 5.95 Å². The molecule has 0 aliphatic heterocycles. The molecule has 18 heavy (non-hydrogen) atoms. The Labute approximate surface area is 105 Å². The van der Waals surface area contributed by atoms with Crippen molar-refractivity contribution in [3.05, 3.63) is 24.4 Å². The van der Waals surface area contributed by atoms with Gasteiger partial charge in [0.1, 0.15) is 5.69 Å². The van der Waals surface area contributed by atoms with Crippen molar-refractivity contribution in [3.63, 3.8) is 0 Å². The highest BCUT2D eigenvalue weighted by atomic mass is 16.4. The average Bonchev–Trinajstić information content (AvgIpc) is 2.78. The molecule has 0 aliphatic carbocycles. The summed E-state index contributed by atoms with van der Waals surface area (Å²) in [5, 5.41) is 2.50. The first-order valence-electron chi connectivity index (χ1n) is 5.68. The second kappa shape index (κ2) is 6.48. The molecule has 0 bridgehead atoms. The molecule has 0 spiro atoms. The zero-order valence-corrected chi connectivity index (χ0v) is 10.9. The highest BCUT2D eigenvalue weighted by Gasteiger charge is 2.07. The monoisotopic (exact) mass is 248 g/mol. The molecule has 0 unspecified atom stereocenters. The number of oxazole rings is 1. The molecular weight excluding hydrogens is 232 g/mol. The normalized spacial score (nSPS) is 9.33. The summed E-state index contributed by atoms with van der Waals surface area (Å²) in [6, 6.07) is 1.69. The van der Waals surface area contributed by atoms with Gasteiger partial charge in [-0.25, -0.2) is 15.0 Å². The zero-order valence-electron chi connectivity index (χ0n) is 10.9. The van der Waals surface area contributed by atoms with E-state index in [1.54, 1.807) is 25.4 Å². The Hall–Kier alpha value is -2.24. The highest BCUT2D eigenvalue weighted by molar-refractivity contribution is 5.86. The van der Waals surface area contributed by atoms with Gasteiger partial charge < -0.3 is 4.42 Å². The van der Waals surface area contributed by atoms with Crippen LogP contribution >= 0.6 is 0 Å². The molecule has 0 saturated heterocycles. The number of hydrogen-bond donors (Lipinski definition) is 1. The quantitative estimate of drug-likeness (QED) is 0.882. The Morgan fingerprint density at radius 2 is 2.06 bits per heavy atom. The summed E-state index contributed by atoms with van der Waals surface area (Å²) in [6.07, 6.45) is 3.13. The van der Waals surface area contributed by atoms with Crippen LogP contribution in [0, 0.1) is 6.92 Å². The van der Waals surface area contributed by atoms with E-state index in [1.807, 2.05) is 13.8 Å². The summed E-state index contributed by atoms with van der Waals surface area (Å²) >= 11 is 0. The molecule has 2 rings (SSSR count). The van der Waals surface area contributed by atoms with E-state index in [-0.39, 0.29) is 11.9 Å². The minimum Gasteiger partial charge on any atom is -0.439 e. The summed E-state index contributed by atoms with van der Waals surface area (Å²) in [5.41, 5.74) is 0.583. The Morgan fingerprint density at radius 1 is 1.33 bits per heavy atom. The number of anilines is 1. The van der Waals surface area contributed by atoms with E-state index in [1.165, 1.54) is 6.92 Å². The molecule has 0 aromatic carbocycles. The lowest BCUT2D eigenvalue weighted by Crippen LogP contribution is -2.09. The minimum atomic E-state index is -0.217. The van der Waals surface area contributed by atoms with Crippen LogP contribution in [0.3, 0.4) is 0 Å². The van der Waals surface area contributed by atoms with Gasteiger partial charge in [0.05, 0.1) is 6.20 Å². The molecule has 0 radical (unpaired) electrons. The number of amides is 1. The molecule has 0 atom stereocenters. The van der Waals surface area contributed by atoms with E-state index in [4.69, 9.17) is 4.42 Å². The van der Waals surface area contributed by atoms with Crippen molar-refractivity contribution >= 4 is 11.9 Å². The molecule has 1 N–H and O–H groups in total. The van der Waals surface area contributed by atoms with Crippen LogP contribution in [0.25, 0.3) is 11.5 Å². The number of carbonyl (C=O) groups excluding carboxylic acids is 1. The first-order chi connectivity index (χ1) is 8.65. The van der Waals surface area contributed by atoms with Crippen molar-refractivity contribution in [1.29, 1.82) is 0 Å². The molecule has 2 heterocycles. The maximum absolute atomic E-state index is 10.8. The average molecular weight is 248 g/mol. The number of nitrogens with one attached hydrogen (secondary N) is 1. The predicted molar refractivity (Wildman–Crippen MR) is 67.9 cm³/mol. The van der Waals surface area contributed by atoms with Gasteiger partial charge in [0.15, 0.2) is 11.7 Å². The van der Waals surface area contributed by atoms with Crippen molar-refractivity contribution in [2.75, 3.05) is 5.32 Å². The lowest BCUT2D eigenvalue weighted by atomic mass is 10.3. The Kier molecular flexibility index (Phi) is 4.98. The molecule has 96 valence electrons. The van der Waals surface area contributed by atoms with E-state index in [2.05, 4.69) is 20.3 Å². The van der Waals surface area contributed by atoms with Gasteiger partial charge >= 0.3 is 0 Å². The van der Waals surface area contributed by atoms with Crippen LogP contribution in [0.2, 0.25) is 0 Å². The van der Waals surface area contributed by atoms with Crippen molar-refractivity contribution < 1.29 is 9.21 Å². The van der Waals surface area contributed by atoms with Gasteiger partial charge in [0.25, 0.3) is 0 Å². The van der Waals surface area contributed by atoms with Crippen LogP contribution < -0.4 is 5.32 Å². The lowest BCUT2D eigenvalue weighted by molar-refractivity contribution is -0.114. The van der Waals surface area contributed by atoms with E-state index in [9.17, 15) is 4.79 Å². The SMILES string of the molecule is CC.CC(=O)Nc1nccc(-c2cnc(C)o2)n1. The largest absolute Gasteiger partial charge is 0.439 e. The van der Waals surface area contributed by atoms with Crippen LogP contribution in [0.5, 0.6) is 0 Å². The number of rotatable bonds is 2. The van der Waals surface area contributed by atoms with Crippen LogP contribution in [0.1, 0.15) is 26.7 Å². The first kappa shape index (κ1) is 13.8. The van der Waals surface area contributed by atoms with Crippen molar-refractivity contribution in [1.82, 2.24) is 15.0 Å². The summed E-state index contributed by atoms with van der Waals surface area (Å²) in [7, 11) is 0. The van der Waals surface area contributed by atoms with Crippen LogP contribution in [-0.2, 0) is 4.79 Å². The third-order valence-corrected chi connectivity index (χ3v) is 1.82. The lowest BCUT2D eigenvalue weighted by Gasteiger charge is -2.00. The molecule has 1 amide bonds. The summed E-state index contributed by atoms with van der Waals surface area (Å²) in [5.74, 6) is 1.14. The van der Waals surface area contributed by atoms with Crippen LogP contribution in [-0.4, -0.2) is 20.9 Å². The van der Waals surface area contributed by atoms with Gasteiger partial charge in [-0.05, 0) is 6.07 Å². The molecule has 2 aromatic heterocycles. The predicted octanol–water partition coefficient (Wildman–Crippen LogP) is 2.42. The molecular formula is C12H16N4O2. The molecule has 6 heteroatoms.